The number of aromatic nitrogens is 5. The lowest BCUT2D eigenvalue weighted by molar-refractivity contribution is -0.00512. The first-order valence-corrected chi connectivity index (χ1v) is 14.4. The number of ether oxygens (including phenoxy) is 1. The summed E-state index contributed by atoms with van der Waals surface area (Å²) in [4.78, 5) is 9.50. The van der Waals surface area contributed by atoms with Gasteiger partial charge in [0.05, 0.1) is 12.1 Å². The first-order valence-electron chi connectivity index (χ1n) is 13.4. The van der Waals surface area contributed by atoms with Crippen molar-refractivity contribution in [2.75, 3.05) is 17.7 Å². The first kappa shape index (κ1) is 26.0. The minimum absolute atomic E-state index is 0.168. The third-order valence-corrected chi connectivity index (χ3v) is 8.49. The van der Waals surface area contributed by atoms with E-state index in [2.05, 4.69) is 34.7 Å². The number of nitrogens with one attached hydrogen (secondary N) is 1. The summed E-state index contributed by atoms with van der Waals surface area (Å²) in [6.07, 6.45) is 0.208. The van der Waals surface area contributed by atoms with Crippen LogP contribution in [0, 0.1) is 5.92 Å². The molecule has 204 valence electrons. The summed E-state index contributed by atoms with van der Waals surface area (Å²) in [5, 5.41) is 43.5. The van der Waals surface area contributed by atoms with Crippen LogP contribution in [-0.2, 0) is 0 Å². The van der Waals surface area contributed by atoms with Crippen LogP contribution in [-0.4, -0.2) is 70.9 Å². The molecule has 0 saturated heterocycles. The minimum atomic E-state index is -1.07. The largest absolute Gasteiger partial charge is 0.457 e. The molecule has 2 saturated carbocycles. The van der Waals surface area contributed by atoms with Crippen molar-refractivity contribution in [2.45, 2.75) is 61.6 Å². The molecule has 0 amide bonds. The minimum Gasteiger partial charge on any atom is -0.457 e. The molecule has 6 atom stereocenters. The fraction of sp³-hybridized carbons (Fsp3) is 0.429. The van der Waals surface area contributed by atoms with Gasteiger partial charge in [-0.25, -0.2) is 14.6 Å². The van der Waals surface area contributed by atoms with Crippen molar-refractivity contribution in [3.8, 4) is 11.5 Å². The highest BCUT2D eigenvalue weighted by atomic mass is 32.2. The Morgan fingerprint density at radius 1 is 1.03 bits per heavy atom. The summed E-state index contributed by atoms with van der Waals surface area (Å²) in [5.41, 5.74) is 2.22. The van der Waals surface area contributed by atoms with Gasteiger partial charge in [0.2, 0.25) is 0 Å². The maximum Gasteiger partial charge on any atom is 0.191 e. The number of para-hydroxylation sites is 1. The molecule has 2 aromatic carbocycles. The number of rotatable bonds is 10. The second-order valence-electron chi connectivity index (χ2n) is 10.2. The highest BCUT2D eigenvalue weighted by molar-refractivity contribution is 7.99. The molecular formula is C28H32N6O4S. The number of aliphatic hydroxyl groups excluding tert-OH is 3. The summed E-state index contributed by atoms with van der Waals surface area (Å²) in [7, 11) is 0. The Kier molecular flexibility index (Phi) is 7.39. The van der Waals surface area contributed by atoms with Crippen molar-refractivity contribution in [1.29, 1.82) is 0 Å². The number of nitrogens with zero attached hydrogens (tertiary/aromatic N) is 5. The summed E-state index contributed by atoms with van der Waals surface area (Å²) >= 11 is 1.56. The smallest absolute Gasteiger partial charge is 0.191 e. The fourth-order valence-corrected chi connectivity index (χ4v) is 5.94. The molecule has 2 aliphatic carbocycles. The normalized spacial score (nSPS) is 26.2. The predicted octanol–water partition coefficient (Wildman–Crippen LogP) is 3.76. The second kappa shape index (κ2) is 11.1. The molecular weight excluding hydrogens is 516 g/mol. The van der Waals surface area contributed by atoms with Crippen LogP contribution >= 0.6 is 11.8 Å². The molecule has 2 aromatic heterocycles. The monoisotopic (exact) mass is 548 g/mol. The number of fused-ring (bicyclic) bond motifs is 1. The molecule has 6 unspecified atom stereocenters. The molecule has 11 heteroatoms. The van der Waals surface area contributed by atoms with Gasteiger partial charge in [-0.05, 0) is 49.1 Å². The van der Waals surface area contributed by atoms with Gasteiger partial charge >= 0.3 is 0 Å². The average Bonchev–Trinajstić information content (AvgIpc) is 3.50. The number of aliphatic hydroxyl groups is 3. The van der Waals surface area contributed by atoms with Crippen molar-refractivity contribution in [3.63, 3.8) is 0 Å². The lowest BCUT2D eigenvalue weighted by Gasteiger charge is -2.17. The van der Waals surface area contributed by atoms with Crippen molar-refractivity contribution in [3.05, 3.63) is 60.2 Å². The van der Waals surface area contributed by atoms with Crippen LogP contribution in [0.3, 0.4) is 0 Å². The molecule has 2 aliphatic rings. The Bertz CT molecular complexity index is 1440. The molecule has 4 N–H and O–H groups in total. The van der Waals surface area contributed by atoms with Gasteiger partial charge in [-0.1, -0.05) is 54.2 Å². The van der Waals surface area contributed by atoms with Gasteiger partial charge in [0, 0.05) is 30.2 Å². The second-order valence-corrected chi connectivity index (χ2v) is 11.3. The average molecular weight is 549 g/mol. The van der Waals surface area contributed by atoms with Crippen molar-refractivity contribution in [1.82, 2.24) is 25.0 Å². The van der Waals surface area contributed by atoms with Crippen LogP contribution in [0.2, 0.25) is 0 Å². The summed E-state index contributed by atoms with van der Waals surface area (Å²) in [6.45, 7) is 1.90. The number of hydrogen-bond donors (Lipinski definition) is 4. The predicted molar refractivity (Wildman–Crippen MR) is 148 cm³/mol. The van der Waals surface area contributed by atoms with Crippen LogP contribution in [0.1, 0.15) is 43.7 Å². The molecule has 39 heavy (non-hydrogen) atoms. The van der Waals surface area contributed by atoms with Crippen molar-refractivity contribution in [2.24, 2.45) is 5.92 Å². The van der Waals surface area contributed by atoms with Crippen LogP contribution in [0.25, 0.3) is 11.2 Å². The molecule has 0 aliphatic heterocycles. The Morgan fingerprint density at radius 2 is 1.85 bits per heavy atom. The van der Waals surface area contributed by atoms with E-state index in [0.29, 0.717) is 34.5 Å². The molecule has 2 heterocycles. The lowest BCUT2D eigenvalue weighted by Crippen LogP contribution is -2.30. The third-order valence-electron chi connectivity index (χ3n) is 7.44. The van der Waals surface area contributed by atoms with Gasteiger partial charge in [0.15, 0.2) is 22.1 Å². The van der Waals surface area contributed by atoms with Gasteiger partial charge in [-0.2, -0.15) is 0 Å². The van der Waals surface area contributed by atoms with E-state index in [-0.39, 0.29) is 12.6 Å². The quantitative estimate of drug-likeness (QED) is 0.171. The molecule has 0 radical (unpaired) electrons. The van der Waals surface area contributed by atoms with E-state index >= 15 is 0 Å². The van der Waals surface area contributed by atoms with Gasteiger partial charge in [-0.3, -0.25) is 0 Å². The summed E-state index contributed by atoms with van der Waals surface area (Å²) in [6, 6.07) is 17.5. The highest BCUT2D eigenvalue weighted by Gasteiger charge is 2.44. The molecule has 6 rings (SSSR count). The van der Waals surface area contributed by atoms with Gasteiger partial charge in [0.1, 0.15) is 17.6 Å². The van der Waals surface area contributed by atoms with E-state index in [0.717, 1.165) is 30.1 Å². The van der Waals surface area contributed by atoms with Crippen LogP contribution in [0.4, 0.5) is 5.82 Å². The van der Waals surface area contributed by atoms with Gasteiger partial charge in [-0.15, -0.1) is 5.10 Å². The third kappa shape index (κ3) is 5.31. The molecule has 2 fully saturated rings. The van der Waals surface area contributed by atoms with E-state index in [4.69, 9.17) is 14.7 Å². The molecule has 4 aromatic rings. The number of hydrogen-bond acceptors (Lipinski definition) is 10. The van der Waals surface area contributed by atoms with Crippen molar-refractivity contribution >= 4 is 28.7 Å². The highest BCUT2D eigenvalue weighted by Crippen LogP contribution is 2.45. The van der Waals surface area contributed by atoms with Crippen LogP contribution in [0.5, 0.6) is 11.5 Å². The summed E-state index contributed by atoms with van der Waals surface area (Å²) < 4.78 is 7.61. The standard InChI is InChI=1S/C28H32N6O4S/c1-2-11-39-28-30-26(23-27(31-28)34(33-32-23)22-13-17(15-35)24(36)25(22)37)29-21-14-20(21)16-7-6-10-19(12-16)38-18-8-4-3-5-9-18/h3-10,12,17,20-22,24-25,35-37H,2,11,13-15H2,1H3,(H,29,30,31). The SMILES string of the molecule is CCCSc1nc(NC2CC2c2cccc(Oc3ccccc3)c2)c2nnn(C3CC(CO)C(O)C3O)c2n1. The number of benzene rings is 2. The topological polar surface area (TPSA) is 138 Å². The van der Waals surface area contributed by atoms with E-state index < -0.39 is 24.2 Å². The molecule has 10 nitrogen and oxygen atoms in total. The van der Waals surface area contributed by atoms with Gasteiger partial charge in [0.25, 0.3) is 0 Å². The van der Waals surface area contributed by atoms with Crippen LogP contribution in [0.15, 0.2) is 59.8 Å². The van der Waals surface area contributed by atoms with E-state index in [1.807, 2.05) is 42.5 Å². The Balaban J connectivity index is 1.24. The Hall–Kier alpha value is -3.25. The zero-order valence-electron chi connectivity index (χ0n) is 21.6. The lowest BCUT2D eigenvalue weighted by atomic mass is 10.1. The van der Waals surface area contributed by atoms with Gasteiger partial charge < -0.3 is 25.4 Å². The fourth-order valence-electron chi connectivity index (χ4n) is 5.25. The maximum absolute atomic E-state index is 10.7. The van der Waals surface area contributed by atoms with Crippen molar-refractivity contribution < 1.29 is 20.1 Å². The molecule has 0 bridgehead atoms. The van der Waals surface area contributed by atoms with E-state index in [1.165, 1.54) is 5.56 Å². The zero-order chi connectivity index (χ0) is 26.9. The zero-order valence-corrected chi connectivity index (χ0v) is 22.4. The number of anilines is 1. The van der Waals surface area contributed by atoms with Crippen LogP contribution < -0.4 is 10.1 Å². The first-order chi connectivity index (χ1) is 19.1. The number of thioether (sulfide) groups is 1. The Labute approximate surface area is 230 Å². The maximum atomic E-state index is 10.7. The molecule has 0 spiro atoms. The Morgan fingerprint density at radius 3 is 2.62 bits per heavy atom. The van der Waals surface area contributed by atoms with E-state index in [9.17, 15) is 15.3 Å². The van der Waals surface area contributed by atoms with E-state index in [1.54, 1.807) is 16.4 Å². The summed E-state index contributed by atoms with van der Waals surface area (Å²) in [5.74, 6) is 2.95.